The summed E-state index contributed by atoms with van der Waals surface area (Å²) in [5.74, 6) is 0.101. The molecule has 0 spiro atoms. The average molecular weight is 499 g/mol. The number of rotatable bonds is 8. The van der Waals surface area contributed by atoms with Gasteiger partial charge >= 0.3 is 5.97 Å². The summed E-state index contributed by atoms with van der Waals surface area (Å²) < 4.78 is 39.2. The lowest BCUT2D eigenvalue weighted by Crippen LogP contribution is -2.36. The number of carbonyl (C=O) groups excluding carboxylic acids is 2. The van der Waals surface area contributed by atoms with Crippen molar-refractivity contribution in [2.75, 3.05) is 26.8 Å². The molecule has 3 heterocycles. The predicted molar refractivity (Wildman–Crippen MR) is 125 cm³/mol. The Labute approximate surface area is 200 Å². The van der Waals surface area contributed by atoms with Crippen LogP contribution in [0.2, 0.25) is 0 Å². The van der Waals surface area contributed by atoms with E-state index in [9.17, 15) is 18.0 Å². The number of nitrogens with zero attached hydrogens (tertiary/aromatic N) is 1. The molecule has 1 aromatic heterocycles. The molecule has 2 aliphatic heterocycles. The molecule has 10 heteroatoms. The van der Waals surface area contributed by atoms with Gasteiger partial charge in [0.1, 0.15) is 4.21 Å². The lowest BCUT2D eigenvalue weighted by Gasteiger charge is -2.28. The number of ether oxygens (including phenoxy) is 2. The van der Waals surface area contributed by atoms with Crippen LogP contribution in [0.25, 0.3) is 0 Å². The first kappa shape index (κ1) is 24.6. The molecule has 4 rings (SSSR count). The zero-order valence-electron chi connectivity index (χ0n) is 19.3. The molecular weight excluding hydrogens is 464 g/mol. The summed E-state index contributed by atoms with van der Waals surface area (Å²) in [4.78, 5) is 28.0. The summed E-state index contributed by atoms with van der Waals surface area (Å²) in [6, 6.07) is 0. The van der Waals surface area contributed by atoms with Gasteiger partial charge in [0, 0.05) is 31.0 Å². The van der Waals surface area contributed by atoms with Crippen molar-refractivity contribution in [2.24, 2.45) is 5.92 Å². The largest absolute Gasteiger partial charge is 0.465 e. The van der Waals surface area contributed by atoms with Crippen molar-refractivity contribution in [3.05, 3.63) is 16.0 Å². The number of thiophene rings is 1. The minimum atomic E-state index is -3.91. The monoisotopic (exact) mass is 498 g/mol. The topological polar surface area (TPSA) is 102 Å². The molecule has 2 fully saturated rings. The summed E-state index contributed by atoms with van der Waals surface area (Å²) >= 11 is 1.08. The molecule has 184 valence electrons. The van der Waals surface area contributed by atoms with Crippen molar-refractivity contribution < 1.29 is 27.5 Å². The molecule has 0 bridgehead atoms. The minimum Gasteiger partial charge on any atom is -0.465 e. The highest BCUT2D eigenvalue weighted by atomic mass is 32.2. The molecular formula is C23H34N2O6S2. The first-order valence-corrected chi connectivity index (χ1v) is 14.3. The molecule has 0 radical (unpaired) electrons. The number of nitrogens with one attached hydrogen (secondary N) is 1. The summed E-state index contributed by atoms with van der Waals surface area (Å²) in [6.45, 7) is 1.64. The van der Waals surface area contributed by atoms with Crippen LogP contribution in [0.15, 0.2) is 4.21 Å². The van der Waals surface area contributed by atoms with Crippen LogP contribution in [0.3, 0.4) is 0 Å². The second kappa shape index (κ2) is 10.8. The van der Waals surface area contributed by atoms with Crippen LogP contribution in [0, 0.1) is 5.92 Å². The second-order valence-electron chi connectivity index (χ2n) is 9.25. The van der Waals surface area contributed by atoms with Gasteiger partial charge in [-0.05, 0) is 37.2 Å². The fourth-order valence-corrected chi connectivity index (χ4v) is 8.13. The highest BCUT2D eigenvalue weighted by molar-refractivity contribution is 7.91. The van der Waals surface area contributed by atoms with E-state index in [0.717, 1.165) is 35.5 Å². The fourth-order valence-electron chi connectivity index (χ4n) is 5.12. The van der Waals surface area contributed by atoms with Crippen molar-refractivity contribution in [3.63, 3.8) is 0 Å². The van der Waals surface area contributed by atoms with Crippen LogP contribution < -0.4 is 4.72 Å². The third-order valence-corrected chi connectivity index (χ3v) is 10.2. The van der Waals surface area contributed by atoms with Crippen LogP contribution in [-0.4, -0.2) is 58.1 Å². The van der Waals surface area contributed by atoms with E-state index in [1.54, 1.807) is 4.90 Å². The summed E-state index contributed by atoms with van der Waals surface area (Å²) in [5.41, 5.74) is 0.812. The van der Waals surface area contributed by atoms with Gasteiger partial charge in [-0.3, -0.25) is 4.79 Å². The van der Waals surface area contributed by atoms with Gasteiger partial charge in [0.25, 0.3) is 10.0 Å². The molecule has 1 amide bonds. The first-order valence-electron chi connectivity index (χ1n) is 12.0. The van der Waals surface area contributed by atoms with Crippen LogP contribution in [0.1, 0.15) is 78.6 Å². The molecule has 1 saturated carbocycles. The van der Waals surface area contributed by atoms with Crippen molar-refractivity contribution in [1.29, 1.82) is 0 Å². The van der Waals surface area contributed by atoms with Gasteiger partial charge in [-0.1, -0.05) is 32.1 Å². The second-order valence-corrected chi connectivity index (χ2v) is 12.3. The number of sulfonamides is 1. The van der Waals surface area contributed by atoms with E-state index in [1.807, 2.05) is 0 Å². The van der Waals surface area contributed by atoms with Gasteiger partial charge in [0.05, 0.1) is 25.3 Å². The molecule has 1 aliphatic carbocycles. The van der Waals surface area contributed by atoms with Crippen molar-refractivity contribution in [1.82, 2.24) is 9.62 Å². The Kier molecular flexibility index (Phi) is 8.09. The Morgan fingerprint density at radius 2 is 1.97 bits per heavy atom. The van der Waals surface area contributed by atoms with Crippen molar-refractivity contribution >= 4 is 33.2 Å². The Balaban J connectivity index is 1.47. The lowest BCUT2D eigenvalue weighted by molar-refractivity contribution is -0.132. The lowest BCUT2D eigenvalue weighted by atomic mass is 9.86. The van der Waals surface area contributed by atoms with Crippen LogP contribution in [-0.2, 0) is 37.3 Å². The maximum Gasteiger partial charge on any atom is 0.340 e. The van der Waals surface area contributed by atoms with E-state index in [2.05, 4.69) is 4.72 Å². The Morgan fingerprint density at radius 3 is 2.67 bits per heavy atom. The van der Waals surface area contributed by atoms with Crippen molar-refractivity contribution in [2.45, 2.75) is 81.1 Å². The summed E-state index contributed by atoms with van der Waals surface area (Å²) in [6.07, 6.45) is 9.73. The highest BCUT2D eigenvalue weighted by Crippen LogP contribution is 2.37. The van der Waals surface area contributed by atoms with E-state index in [0.29, 0.717) is 44.0 Å². The average Bonchev–Trinajstić information content (AvgIpc) is 3.49. The number of hydrogen-bond donors (Lipinski definition) is 1. The highest BCUT2D eigenvalue weighted by Gasteiger charge is 2.35. The molecule has 1 N–H and O–H groups in total. The third-order valence-electron chi connectivity index (χ3n) is 7.03. The first-order chi connectivity index (χ1) is 15.9. The molecule has 3 aliphatic rings. The van der Waals surface area contributed by atoms with E-state index in [4.69, 9.17) is 9.47 Å². The Hall–Kier alpha value is -1.49. The van der Waals surface area contributed by atoms with E-state index >= 15 is 0 Å². The van der Waals surface area contributed by atoms with Gasteiger partial charge < -0.3 is 14.4 Å². The van der Waals surface area contributed by atoms with Crippen LogP contribution >= 0.6 is 11.3 Å². The van der Waals surface area contributed by atoms with E-state index < -0.39 is 16.0 Å². The van der Waals surface area contributed by atoms with Gasteiger partial charge in [-0.25, -0.2) is 17.9 Å². The normalized spacial score (nSPS) is 21.7. The van der Waals surface area contributed by atoms with Gasteiger partial charge in [0.2, 0.25) is 5.91 Å². The maximum absolute atomic E-state index is 13.1. The number of hydrogen-bond acceptors (Lipinski definition) is 7. The van der Waals surface area contributed by atoms with Crippen LogP contribution in [0.4, 0.5) is 0 Å². The van der Waals surface area contributed by atoms with E-state index in [-0.39, 0.29) is 28.3 Å². The van der Waals surface area contributed by atoms with Gasteiger partial charge in [-0.2, -0.15) is 0 Å². The third kappa shape index (κ3) is 5.78. The number of carbonyl (C=O) groups is 2. The number of methoxy groups -OCH3 is 1. The van der Waals surface area contributed by atoms with Gasteiger partial charge in [0.15, 0.2) is 0 Å². The molecule has 33 heavy (non-hydrogen) atoms. The standard InChI is InChI=1S/C23H34N2O6S2/c1-30-22(27)21-18-11-12-25(20(26)10-9-16-6-3-2-4-7-16)15-19(18)32-23(21)33(28,29)24-14-17-8-5-13-31-17/h16-17,24H,2-15H2,1H3. The SMILES string of the molecule is COC(=O)c1c(S(=O)(=O)NCC2CCCO2)sc2c1CCN(C(=O)CCC1CCCCC1)C2. The number of fused-ring (bicyclic) bond motifs is 1. The molecule has 1 atom stereocenters. The fraction of sp³-hybridized carbons (Fsp3) is 0.739. The number of amides is 1. The van der Waals surface area contributed by atoms with Crippen molar-refractivity contribution in [3.8, 4) is 0 Å². The molecule has 1 aromatic rings. The molecule has 8 nitrogen and oxygen atoms in total. The molecule has 1 unspecified atom stereocenters. The van der Waals surface area contributed by atoms with E-state index in [1.165, 1.54) is 39.2 Å². The zero-order chi connectivity index (χ0) is 23.4. The maximum atomic E-state index is 13.1. The van der Waals surface area contributed by atoms with Gasteiger partial charge in [-0.15, -0.1) is 11.3 Å². The number of esters is 1. The summed E-state index contributed by atoms with van der Waals surface area (Å²) in [5, 5.41) is 0. The molecule has 1 saturated heterocycles. The Morgan fingerprint density at radius 1 is 1.18 bits per heavy atom. The quantitative estimate of drug-likeness (QED) is 0.552. The smallest absolute Gasteiger partial charge is 0.340 e. The Bertz CT molecular complexity index is 962. The zero-order valence-corrected chi connectivity index (χ0v) is 20.9. The van der Waals surface area contributed by atoms with Crippen LogP contribution in [0.5, 0.6) is 0 Å². The minimum absolute atomic E-state index is 0.0196. The summed E-state index contributed by atoms with van der Waals surface area (Å²) in [7, 11) is -2.65. The molecule has 0 aromatic carbocycles. The predicted octanol–water partition coefficient (Wildman–Crippen LogP) is 3.24.